The first-order valence-electron chi connectivity index (χ1n) is 6.16. The van der Waals surface area contributed by atoms with Crippen LogP contribution in [-0.2, 0) is 6.54 Å². The second kappa shape index (κ2) is 6.07. The van der Waals surface area contributed by atoms with E-state index in [9.17, 15) is 14.9 Å². The summed E-state index contributed by atoms with van der Waals surface area (Å²) in [5, 5.41) is 20.1. The van der Waals surface area contributed by atoms with Gasteiger partial charge in [0.2, 0.25) is 0 Å². The fourth-order valence-corrected chi connectivity index (χ4v) is 1.74. The number of aromatic nitrogens is 2. The maximum absolute atomic E-state index is 11.6. The molecule has 0 bridgehead atoms. The van der Waals surface area contributed by atoms with Crippen LogP contribution in [0.3, 0.4) is 0 Å². The zero-order valence-electron chi connectivity index (χ0n) is 10.9. The van der Waals surface area contributed by atoms with E-state index >= 15 is 0 Å². The molecule has 20 heavy (non-hydrogen) atoms. The Hall–Kier alpha value is -2.54. The fourth-order valence-electron chi connectivity index (χ4n) is 1.74. The van der Waals surface area contributed by atoms with Gasteiger partial charge in [0.15, 0.2) is 0 Å². The molecule has 0 radical (unpaired) electrons. The van der Waals surface area contributed by atoms with E-state index < -0.39 is 4.92 Å². The molecule has 2 aromatic rings. The third-order valence-corrected chi connectivity index (χ3v) is 2.82. The molecule has 0 spiro atoms. The van der Waals surface area contributed by atoms with Crippen LogP contribution in [0.15, 0.2) is 35.1 Å². The number of nitrogens with zero attached hydrogens (tertiary/aromatic N) is 2. The van der Waals surface area contributed by atoms with Crippen LogP contribution in [0.2, 0.25) is 0 Å². The van der Waals surface area contributed by atoms with E-state index in [0.29, 0.717) is 23.4 Å². The van der Waals surface area contributed by atoms with Crippen molar-refractivity contribution in [1.29, 1.82) is 0 Å². The van der Waals surface area contributed by atoms with Crippen molar-refractivity contribution in [2.24, 2.45) is 0 Å². The lowest BCUT2D eigenvalue weighted by Crippen LogP contribution is -2.21. The van der Waals surface area contributed by atoms with Crippen molar-refractivity contribution in [3.8, 4) is 11.3 Å². The molecule has 0 saturated carbocycles. The first-order chi connectivity index (χ1) is 9.61. The van der Waals surface area contributed by atoms with E-state index in [1.165, 1.54) is 12.1 Å². The molecule has 1 aromatic carbocycles. The number of aromatic amines is 1. The lowest BCUT2D eigenvalue weighted by Gasteiger charge is -2.04. The van der Waals surface area contributed by atoms with Crippen LogP contribution in [0.25, 0.3) is 11.3 Å². The number of nitrogens with one attached hydrogen (secondary N) is 2. The minimum Gasteiger partial charge on any atom is -0.313 e. The Morgan fingerprint density at radius 2 is 2.05 bits per heavy atom. The van der Waals surface area contributed by atoms with E-state index in [2.05, 4.69) is 15.5 Å². The highest BCUT2D eigenvalue weighted by atomic mass is 16.6. The largest absolute Gasteiger partial charge is 0.313 e. The minimum atomic E-state index is -0.458. The highest BCUT2D eigenvalue weighted by molar-refractivity contribution is 5.60. The molecule has 7 heteroatoms. The quantitative estimate of drug-likeness (QED) is 0.635. The molecule has 2 rings (SSSR count). The maximum Gasteiger partial charge on any atom is 0.269 e. The first kappa shape index (κ1) is 13.9. The predicted octanol–water partition coefficient (Wildman–Crippen LogP) is 1.45. The molecule has 0 unspecified atom stereocenters. The molecule has 0 amide bonds. The van der Waals surface area contributed by atoms with E-state index in [1.807, 2.05) is 6.92 Å². The van der Waals surface area contributed by atoms with Crippen LogP contribution in [0.5, 0.6) is 0 Å². The number of H-pyrrole nitrogens is 1. The molecule has 1 heterocycles. The van der Waals surface area contributed by atoms with Crippen molar-refractivity contribution in [2.45, 2.75) is 13.5 Å². The van der Waals surface area contributed by atoms with Gasteiger partial charge in [-0.3, -0.25) is 14.9 Å². The Bertz CT molecular complexity index is 664. The monoisotopic (exact) mass is 274 g/mol. The molecular weight excluding hydrogens is 260 g/mol. The standard InChI is InChI=1S/C13H14N4O3/c1-2-14-8-10-7-12(15-16-13(10)18)9-3-5-11(6-4-9)17(19)20/h3-7,14H,2,8H2,1H3,(H,16,18). The summed E-state index contributed by atoms with van der Waals surface area (Å²) in [6, 6.07) is 7.71. The smallest absolute Gasteiger partial charge is 0.269 e. The zero-order valence-corrected chi connectivity index (χ0v) is 10.9. The lowest BCUT2D eigenvalue weighted by atomic mass is 10.1. The Labute approximate surface area is 114 Å². The number of hydrogen-bond donors (Lipinski definition) is 2. The number of nitro benzene ring substituents is 1. The van der Waals surface area contributed by atoms with Crippen molar-refractivity contribution in [3.63, 3.8) is 0 Å². The van der Waals surface area contributed by atoms with Crippen molar-refractivity contribution >= 4 is 5.69 Å². The highest BCUT2D eigenvalue weighted by Gasteiger charge is 2.08. The molecule has 0 aliphatic rings. The van der Waals surface area contributed by atoms with E-state index in [1.54, 1.807) is 18.2 Å². The molecule has 0 aliphatic carbocycles. The van der Waals surface area contributed by atoms with E-state index in [4.69, 9.17) is 0 Å². The average molecular weight is 274 g/mol. The van der Waals surface area contributed by atoms with Crippen LogP contribution in [0, 0.1) is 10.1 Å². The third kappa shape index (κ3) is 3.07. The lowest BCUT2D eigenvalue weighted by molar-refractivity contribution is -0.384. The number of non-ortho nitro benzene ring substituents is 1. The molecular formula is C13H14N4O3. The molecule has 7 nitrogen and oxygen atoms in total. The normalized spacial score (nSPS) is 10.4. The predicted molar refractivity (Wildman–Crippen MR) is 74.3 cm³/mol. The summed E-state index contributed by atoms with van der Waals surface area (Å²) in [5.74, 6) is 0. The molecule has 104 valence electrons. The van der Waals surface area contributed by atoms with Gasteiger partial charge in [0.25, 0.3) is 11.2 Å². The van der Waals surface area contributed by atoms with Gasteiger partial charge >= 0.3 is 0 Å². The topological polar surface area (TPSA) is 101 Å². The fraction of sp³-hybridized carbons (Fsp3) is 0.231. The summed E-state index contributed by atoms with van der Waals surface area (Å²) in [6.45, 7) is 3.16. The molecule has 0 atom stereocenters. The van der Waals surface area contributed by atoms with Crippen LogP contribution in [-0.4, -0.2) is 21.7 Å². The summed E-state index contributed by atoms with van der Waals surface area (Å²) in [5.41, 5.74) is 1.65. The number of hydrogen-bond acceptors (Lipinski definition) is 5. The summed E-state index contributed by atoms with van der Waals surface area (Å²) >= 11 is 0. The third-order valence-electron chi connectivity index (χ3n) is 2.82. The molecule has 1 aromatic heterocycles. The van der Waals surface area contributed by atoms with Crippen LogP contribution in [0.4, 0.5) is 5.69 Å². The Balaban J connectivity index is 2.32. The Morgan fingerprint density at radius 3 is 2.65 bits per heavy atom. The second-order valence-electron chi connectivity index (χ2n) is 4.19. The Kier molecular flexibility index (Phi) is 4.21. The van der Waals surface area contributed by atoms with Gasteiger partial charge in [-0.15, -0.1) is 0 Å². The summed E-state index contributed by atoms with van der Waals surface area (Å²) < 4.78 is 0. The molecule has 2 N–H and O–H groups in total. The van der Waals surface area contributed by atoms with Gasteiger partial charge in [-0.1, -0.05) is 6.92 Å². The minimum absolute atomic E-state index is 0.0195. The van der Waals surface area contributed by atoms with Crippen LogP contribution >= 0.6 is 0 Å². The van der Waals surface area contributed by atoms with Gasteiger partial charge in [0.05, 0.1) is 10.6 Å². The van der Waals surface area contributed by atoms with Crippen molar-refractivity contribution in [1.82, 2.24) is 15.5 Å². The number of rotatable bonds is 5. The van der Waals surface area contributed by atoms with E-state index in [0.717, 1.165) is 6.54 Å². The van der Waals surface area contributed by atoms with Gasteiger partial charge < -0.3 is 5.32 Å². The first-order valence-corrected chi connectivity index (χ1v) is 6.16. The Morgan fingerprint density at radius 1 is 1.35 bits per heavy atom. The van der Waals surface area contributed by atoms with Crippen molar-refractivity contribution in [2.75, 3.05) is 6.54 Å². The highest BCUT2D eigenvalue weighted by Crippen LogP contribution is 2.20. The number of nitro groups is 1. The van der Waals surface area contributed by atoms with Gasteiger partial charge in [-0.2, -0.15) is 5.10 Å². The van der Waals surface area contributed by atoms with Crippen molar-refractivity contribution < 1.29 is 4.92 Å². The van der Waals surface area contributed by atoms with Gasteiger partial charge in [0, 0.05) is 29.8 Å². The van der Waals surface area contributed by atoms with Crippen LogP contribution < -0.4 is 10.9 Å². The van der Waals surface area contributed by atoms with Gasteiger partial charge in [0.1, 0.15) is 0 Å². The SMILES string of the molecule is CCNCc1cc(-c2ccc([N+](=O)[O-])cc2)n[nH]c1=O. The summed E-state index contributed by atoms with van der Waals surface area (Å²) in [6.07, 6.45) is 0. The molecule has 0 aliphatic heterocycles. The summed E-state index contributed by atoms with van der Waals surface area (Å²) in [4.78, 5) is 21.7. The van der Waals surface area contributed by atoms with E-state index in [-0.39, 0.29) is 11.2 Å². The van der Waals surface area contributed by atoms with Crippen molar-refractivity contribution in [3.05, 3.63) is 56.4 Å². The average Bonchev–Trinajstić information content (AvgIpc) is 2.46. The second-order valence-corrected chi connectivity index (χ2v) is 4.19. The maximum atomic E-state index is 11.6. The van der Waals surface area contributed by atoms with Gasteiger partial charge in [-0.25, -0.2) is 5.10 Å². The number of benzene rings is 1. The van der Waals surface area contributed by atoms with Gasteiger partial charge in [-0.05, 0) is 24.7 Å². The zero-order chi connectivity index (χ0) is 14.5. The molecule has 0 fully saturated rings. The molecule has 0 saturated heterocycles. The van der Waals surface area contributed by atoms with Crippen LogP contribution in [0.1, 0.15) is 12.5 Å². The summed E-state index contributed by atoms with van der Waals surface area (Å²) in [7, 11) is 0.